The standard InChI is InChI=1S/C26H17N3O3S/c1-31-16-10-11-21-18(13-16)24(17-7-3-4-8-20(17)27-21)28-23-14-33-25(29-23)19-12-15-6-2-5-9-22(15)32-26(19)30/h2-14H,1H3,(H,27,28). The van der Waals surface area contributed by atoms with Gasteiger partial charge in [-0.25, -0.2) is 14.8 Å². The number of nitrogens with one attached hydrogen (secondary N) is 1. The predicted octanol–water partition coefficient (Wildman–Crippen LogP) is 6.37. The van der Waals surface area contributed by atoms with Crippen molar-refractivity contribution in [3.05, 3.63) is 88.6 Å². The molecule has 3 aromatic heterocycles. The van der Waals surface area contributed by atoms with Gasteiger partial charge in [-0.3, -0.25) is 0 Å². The number of nitrogens with zero attached hydrogens (tertiary/aromatic N) is 2. The average molecular weight is 452 g/mol. The highest BCUT2D eigenvalue weighted by atomic mass is 32.1. The van der Waals surface area contributed by atoms with Gasteiger partial charge in [-0.2, -0.15) is 0 Å². The zero-order chi connectivity index (χ0) is 22.4. The number of hydrogen-bond acceptors (Lipinski definition) is 7. The third kappa shape index (κ3) is 3.39. The van der Waals surface area contributed by atoms with Gasteiger partial charge in [0.15, 0.2) is 0 Å². The van der Waals surface area contributed by atoms with E-state index >= 15 is 0 Å². The van der Waals surface area contributed by atoms with Crippen LogP contribution in [0, 0.1) is 0 Å². The fraction of sp³-hybridized carbons (Fsp3) is 0.0385. The maximum absolute atomic E-state index is 12.6. The van der Waals surface area contributed by atoms with Crippen LogP contribution in [0.1, 0.15) is 0 Å². The van der Waals surface area contributed by atoms with Gasteiger partial charge in [0.05, 0.1) is 29.4 Å². The first-order valence-corrected chi connectivity index (χ1v) is 11.2. The minimum atomic E-state index is -0.404. The second kappa shape index (κ2) is 7.72. The summed E-state index contributed by atoms with van der Waals surface area (Å²) in [7, 11) is 1.64. The van der Waals surface area contributed by atoms with E-state index in [1.807, 2.05) is 72.1 Å². The maximum atomic E-state index is 12.6. The topological polar surface area (TPSA) is 77.2 Å². The molecule has 3 heterocycles. The summed E-state index contributed by atoms with van der Waals surface area (Å²) in [6.45, 7) is 0. The van der Waals surface area contributed by atoms with Gasteiger partial charge in [-0.05, 0) is 36.4 Å². The van der Waals surface area contributed by atoms with E-state index in [2.05, 4.69) is 5.32 Å². The molecule has 0 amide bonds. The van der Waals surface area contributed by atoms with E-state index in [0.29, 0.717) is 22.0 Å². The Labute approximate surface area is 192 Å². The highest BCUT2D eigenvalue weighted by Crippen LogP contribution is 2.36. The van der Waals surface area contributed by atoms with Crippen LogP contribution in [0.3, 0.4) is 0 Å². The first-order valence-electron chi connectivity index (χ1n) is 10.3. The van der Waals surface area contributed by atoms with Crippen molar-refractivity contribution in [1.29, 1.82) is 0 Å². The van der Waals surface area contributed by atoms with Gasteiger partial charge in [-0.15, -0.1) is 11.3 Å². The number of hydrogen-bond donors (Lipinski definition) is 1. The number of pyridine rings is 1. The van der Waals surface area contributed by atoms with E-state index in [-0.39, 0.29) is 0 Å². The molecule has 0 bridgehead atoms. The van der Waals surface area contributed by atoms with Gasteiger partial charge >= 0.3 is 5.63 Å². The van der Waals surface area contributed by atoms with Crippen LogP contribution in [-0.4, -0.2) is 17.1 Å². The molecule has 0 atom stereocenters. The molecule has 3 aromatic carbocycles. The van der Waals surface area contributed by atoms with Crippen LogP contribution in [0.5, 0.6) is 5.75 Å². The van der Waals surface area contributed by atoms with Crippen molar-refractivity contribution >= 4 is 55.6 Å². The Kier molecular flexibility index (Phi) is 4.55. The second-order valence-corrected chi connectivity index (χ2v) is 8.39. The molecule has 33 heavy (non-hydrogen) atoms. The Morgan fingerprint density at radius 3 is 2.64 bits per heavy atom. The Balaban J connectivity index is 1.47. The van der Waals surface area contributed by atoms with Crippen molar-refractivity contribution in [3.63, 3.8) is 0 Å². The average Bonchev–Trinajstić information content (AvgIpc) is 3.31. The number of methoxy groups -OCH3 is 1. The molecule has 7 heteroatoms. The van der Waals surface area contributed by atoms with Crippen LogP contribution in [0.4, 0.5) is 11.5 Å². The normalized spacial score (nSPS) is 11.3. The summed E-state index contributed by atoms with van der Waals surface area (Å²) in [6.07, 6.45) is 0. The summed E-state index contributed by atoms with van der Waals surface area (Å²) in [6, 6.07) is 23.0. The van der Waals surface area contributed by atoms with Crippen molar-refractivity contribution in [2.75, 3.05) is 12.4 Å². The van der Waals surface area contributed by atoms with E-state index in [4.69, 9.17) is 19.1 Å². The van der Waals surface area contributed by atoms with E-state index in [0.717, 1.165) is 38.6 Å². The SMILES string of the molecule is COc1ccc2nc3ccccc3c(Nc3csc(-c4cc5ccccc5oc4=O)n3)c2c1. The molecule has 6 nitrogen and oxygen atoms in total. The number of fused-ring (bicyclic) bond motifs is 3. The zero-order valence-electron chi connectivity index (χ0n) is 17.5. The molecule has 6 aromatic rings. The van der Waals surface area contributed by atoms with E-state index < -0.39 is 5.63 Å². The molecular weight excluding hydrogens is 434 g/mol. The summed E-state index contributed by atoms with van der Waals surface area (Å²) in [5, 5.41) is 8.70. The van der Waals surface area contributed by atoms with Crippen LogP contribution in [-0.2, 0) is 0 Å². The van der Waals surface area contributed by atoms with Gasteiger partial charge in [0.2, 0.25) is 0 Å². The third-order valence-corrected chi connectivity index (χ3v) is 6.39. The lowest BCUT2D eigenvalue weighted by atomic mass is 10.1. The highest BCUT2D eigenvalue weighted by molar-refractivity contribution is 7.13. The lowest BCUT2D eigenvalue weighted by Gasteiger charge is -2.12. The second-order valence-electron chi connectivity index (χ2n) is 7.54. The number of thiazole rings is 1. The Morgan fingerprint density at radius 2 is 1.73 bits per heavy atom. The molecule has 0 saturated carbocycles. The summed E-state index contributed by atoms with van der Waals surface area (Å²) < 4.78 is 10.9. The van der Waals surface area contributed by atoms with Crippen molar-refractivity contribution in [2.24, 2.45) is 0 Å². The smallest absolute Gasteiger partial charge is 0.346 e. The van der Waals surface area contributed by atoms with Gasteiger partial charge in [-0.1, -0.05) is 36.4 Å². The molecule has 0 unspecified atom stereocenters. The summed E-state index contributed by atoms with van der Waals surface area (Å²) >= 11 is 1.39. The number of benzene rings is 3. The fourth-order valence-corrected chi connectivity index (χ4v) is 4.68. The summed E-state index contributed by atoms with van der Waals surface area (Å²) in [5.41, 5.74) is 3.21. The van der Waals surface area contributed by atoms with Gasteiger partial charge < -0.3 is 14.5 Å². The molecule has 0 aliphatic carbocycles. The van der Waals surface area contributed by atoms with Crippen LogP contribution in [0.15, 0.2) is 87.4 Å². The molecule has 0 aliphatic heterocycles. The van der Waals surface area contributed by atoms with E-state index in [1.165, 1.54) is 11.3 Å². The lowest BCUT2D eigenvalue weighted by molar-refractivity contribution is 0.415. The largest absolute Gasteiger partial charge is 0.497 e. The van der Waals surface area contributed by atoms with Crippen molar-refractivity contribution in [1.82, 2.24) is 9.97 Å². The molecule has 0 spiro atoms. The Bertz CT molecular complexity index is 1720. The molecule has 0 aliphatic rings. The van der Waals surface area contributed by atoms with E-state index in [9.17, 15) is 4.79 Å². The molecule has 0 radical (unpaired) electrons. The van der Waals surface area contributed by atoms with Crippen molar-refractivity contribution in [2.45, 2.75) is 0 Å². The minimum Gasteiger partial charge on any atom is -0.497 e. The molecule has 6 rings (SSSR count). The van der Waals surface area contributed by atoms with Crippen LogP contribution < -0.4 is 15.7 Å². The Hall–Kier alpha value is -4.23. The van der Waals surface area contributed by atoms with Gasteiger partial charge in [0.25, 0.3) is 0 Å². The summed E-state index contributed by atoms with van der Waals surface area (Å²) in [4.78, 5) is 22.1. The van der Waals surface area contributed by atoms with Gasteiger partial charge in [0.1, 0.15) is 22.2 Å². The molecule has 0 fully saturated rings. The number of ether oxygens (including phenoxy) is 1. The third-order valence-electron chi connectivity index (χ3n) is 5.52. The number of para-hydroxylation sites is 2. The first-order chi connectivity index (χ1) is 16.2. The number of aromatic nitrogens is 2. The monoisotopic (exact) mass is 451 g/mol. The van der Waals surface area contributed by atoms with Gasteiger partial charge in [0, 0.05) is 21.5 Å². The van der Waals surface area contributed by atoms with Crippen LogP contribution >= 0.6 is 11.3 Å². The number of anilines is 2. The van der Waals surface area contributed by atoms with Crippen molar-refractivity contribution < 1.29 is 9.15 Å². The quantitative estimate of drug-likeness (QED) is 0.248. The van der Waals surface area contributed by atoms with Crippen LogP contribution in [0.25, 0.3) is 43.3 Å². The highest BCUT2D eigenvalue weighted by Gasteiger charge is 2.15. The van der Waals surface area contributed by atoms with Crippen LogP contribution in [0.2, 0.25) is 0 Å². The predicted molar refractivity (Wildman–Crippen MR) is 133 cm³/mol. The van der Waals surface area contributed by atoms with E-state index in [1.54, 1.807) is 13.2 Å². The zero-order valence-corrected chi connectivity index (χ0v) is 18.3. The lowest BCUT2D eigenvalue weighted by Crippen LogP contribution is -2.02. The molecule has 0 saturated heterocycles. The van der Waals surface area contributed by atoms with Crippen molar-refractivity contribution in [3.8, 4) is 16.3 Å². The molecule has 160 valence electrons. The fourth-order valence-electron chi connectivity index (χ4n) is 3.93. The Morgan fingerprint density at radius 1 is 0.909 bits per heavy atom. The maximum Gasteiger partial charge on any atom is 0.346 e. The summed E-state index contributed by atoms with van der Waals surface area (Å²) in [5.74, 6) is 1.39. The minimum absolute atomic E-state index is 0.404. The first kappa shape index (κ1) is 19.5. The molecular formula is C26H17N3O3S. The number of rotatable bonds is 4. The molecule has 1 N–H and O–H groups in total.